The molecule has 0 aliphatic rings. The lowest BCUT2D eigenvalue weighted by atomic mass is 10.0. The Balaban J connectivity index is 1.94. The molecule has 0 N–H and O–H groups in total. The maximum atomic E-state index is 12.0. The molecule has 0 spiro atoms. The number of ether oxygens (including phenoxy) is 1. The van der Waals surface area contributed by atoms with Gasteiger partial charge in [0.2, 0.25) is 0 Å². The molecular weight excluding hydrogens is 280 g/mol. The summed E-state index contributed by atoms with van der Waals surface area (Å²) in [7, 11) is 0. The highest BCUT2D eigenvalue weighted by atomic mass is 16.5. The second-order valence-corrected chi connectivity index (χ2v) is 5.32. The molecule has 0 amide bonds. The van der Waals surface area contributed by atoms with Gasteiger partial charge in [0.1, 0.15) is 0 Å². The number of rotatable bonds is 5. The summed E-state index contributed by atoms with van der Waals surface area (Å²) in [5, 5.41) is 0. The predicted octanol–water partition coefficient (Wildman–Crippen LogP) is 2.95. The van der Waals surface area contributed by atoms with E-state index in [1.54, 1.807) is 19.1 Å². The van der Waals surface area contributed by atoms with Gasteiger partial charge in [-0.2, -0.15) is 0 Å². The minimum atomic E-state index is -0.653. The topological polar surface area (TPSA) is 69.2 Å². The Kier molecular flexibility index (Phi) is 4.99. The summed E-state index contributed by atoms with van der Waals surface area (Å²) in [6.45, 7) is 5.63. The second-order valence-electron chi connectivity index (χ2n) is 5.32. The number of nitrogens with zero attached hydrogens (tertiary/aromatic N) is 2. The van der Waals surface area contributed by atoms with E-state index in [0.29, 0.717) is 17.2 Å². The molecule has 5 heteroatoms. The van der Waals surface area contributed by atoms with E-state index >= 15 is 0 Å². The number of benzene rings is 1. The van der Waals surface area contributed by atoms with Gasteiger partial charge >= 0.3 is 5.97 Å². The lowest BCUT2D eigenvalue weighted by Gasteiger charge is -2.07. The van der Waals surface area contributed by atoms with Crippen LogP contribution in [0.3, 0.4) is 0 Å². The number of carbonyl (C=O) groups excluding carboxylic acids is 2. The summed E-state index contributed by atoms with van der Waals surface area (Å²) in [6, 6.07) is 7.31. The van der Waals surface area contributed by atoms with Gasteiger partial charge in [-0.3, -0.25) is 9.78 Å². The van der Waals surface area contributed by atoms with E-state index in [1.807, 2.05) is 12.1 Å². The molecule has 0 radical (unpaired) electrons. The molecule has 2 aromatic rings. The minimum Gasteiger partial charge on any atom is -0.453 e. The lowest BCUT2D eigenvalue weighted by molar-refractivity contribution is 0.0468. The molecule has 22 heavy (non-hydrogen) atoms. The van der Waals surface area contributed by atoms with Gasteiger partial charge in [-0.25, -0.2) is 9.78 Å². The summed E-state index contributed by atoms with van der Waals surface area (Å²) in [6.07, 6.45) is 2.81. The Labute approximate surface area is 129 Å². The maximum Gasteiger partial charge on any atom is 0.358 e. The number of ketones is 1. The number of esters is 1. The largest absolute Gasteiger partial charge is 0.453 e. The van der Waals surface area contributed by atoms with Crippen molar-refractivity contribution in [3.8, 4) is 0 Å². The zero-order valence-corrected chi connectivity index (χ0v) is 12.9. The number of aromatic nitrogens is 2. The van der Waals surface area contributed by atoms with Gasteiger partial charge in [0, 0.05) is 11.8 Å². The molecule has 0 aliphatic heterocycles. The average molecular weight is 298 g/mol. The second kappa shape index (κ2) is 6.93. The van der Waals surface area contributed by atoms with Crippen LogP contribution in [0.2, 0.25) is 0 Å². The first-order valence-corrected chi connectivity index (χ1v) is 7.06. The van der Waals surface area contributed by atoms with Crippen molar-refractivity contribution in [1.82, 2.24) is 9.97 Å². The molecule has 0 aliphatic carbocycles. The first-order valence-electron chi connectivity index (χ1n) is 7.06. The highest BCUT2D eigenvalue weighted by Crippen LogP contribution is 2.15. The van der Waals surface area contributed by atoms with Crippen molar-refractivity contribution < 1.29 is 14.3 Å². The van der Waals surface area contributed by atoms with E-state index in [-0.39, 0.29) is 18.1 Å². The predicted molar refractivity (Wildman–Crippen MR) is 81.9 cm³/mol. The monoisotopic (exact) mass is 298 g/mol. The molecule has 0 bridgehead atoms. The van der Waals surface area contributed by atoms with Crippen LogP contribution >= 0.6 is 0 Å². The Morgan fingerprint density at radius 1 is 1.09 bits per heavy atom. The fourth-order valence-corrected chi connectivity index (χ4v) is 1.84. The molecule has 5 nitrogen and oxygen atoms in total. The van der Waals surface area contributed by atoms with E-state index in [9.17, 15) is 9.59 Å². The summed E-state index contributed by atoms with van der Waals surface area (Å²) in [5.74, 6) is -0.495. The fourth-order valence-electron chi connectivity index (χ4n) is 1.84. The zero-order chi connectivity index (χ0) is 16.1. The van der Waals surface area contributed by atoms with Gasteiger partial charge < -0.3 is 4.74 Å². The standard InChI is InChI=1S/C17H18N2O3/c1-11(2)13-4-6-14(7-5-13)16(20)10-22-17(21)15-9-18-12(3)8-19-15/h4-9,11H,10H2,1-3H3. The maximum absolute atomic E-state index is 12.0. The SMILES string of the molecule is Cc1cnc(C(=O)OCC(=O)c2ccc(C(C)C)cc2)cn1. The van der Waals surface area contributed by atoms with Crippen LogP contribution in [0, 0.1) is 6.92 Å². The Hall–Kier alpha value is -2.56. The van der Waals surface area contributed by atoms with Crippen molar-refractivity contribution in [2.45, 2.75) is 26.7 Å². The Morgan fingerprint density at radius 2 is 1.77 bits per heavy atom. The molecule has 0 atom stereocenters. The lowest BCUT2D eigenvalue weighted by Crippen LogP contribution is -2.15. The molecule has 0 unspecified atom stereocenters. The fraction of sp³-hybridized carbons (Fsp3) is 0.294. The van der Waals surface area contributed by atoms with E-state index < -0.39 is 5.97 Å². The average Bonchev–Trinajstić information content (AvgIpc) is 2.53. The van der Waals surface area contributed by atoms with E-state index in [2.05, 4.69) is 23.8 Å². The van der Waals surface area contributed by atoms with Gasteiger partial charge in [0.25, 0.3) is 0 Å². The molecular formula is C17H18N2O3. The summed E-state index contributed by atoms with van der Waals surface area (Å²) >= 11 is 0. The van der Waals surface area contributed by atoms with Crippen LogP contribution in [0.15, 0.2) is 36.7 Å². The zero-order valence-electron chi connectivity index (χ0n) is 12.9. The third-order valence-corrected chi connectivity index (χ3v) is 3.22. The Bertz CT molecular complexity index is 661. The first-order chi connectivity index (χ1) is 10.5. The third-order valence-electron chi connectivity index (χ3n) is 3.22. The minimum absolute atomic E-state index is 0.0913. The van der Waals surface area contributed by atoms with E-state index in [1.165, 1.54) is 12.4 Å². The van der Waals surface area contributed by atoms with Crippen molar-refractivity contribution in [2.75, 3.05) is 6.61 Å². The van der Waals surface area contributed by atoms with Crippen molar-refractivity contribution >= 4 is 11.8 Å². The van der Waals surface area contributed by atoms with Gasteiger partial charge in [0.15, 0.2) is 18.1 Å². The molecule has 1 heterocycles. The molecule has 1 aromatic carbocycles. The number of hydrogen-bond donors (Lipinski definition) is 0. The Morgan fingerprint density at radius 3 is 2.32 bits per heavy atom. The highest BCUT2D eigenvalue weighted by Gasteiger charge is 2.13. The van der Waals surface area contributed by atoms with Crippen LogP contribution in [0.25, 0.3) is 0 Å². The van der Waals surface area contributed by atoms with Gasteiger partial charge in [0.05, 0.1) is 11.9 Å². The molecule has 2 rings (SSSR count). The van der Waals surface area contributed by atoms with Crippen molar-refractivity contribution in [3.63, 3.8) is 0 Å². The summed E-state index contributed by atoms with van der Waals surface area (Å²) < 4.78 is 4.97. The molecule has 114 valence electrons. The third kappa shape index (κ3) is 3.97. The van der Waals surface area contributed by atoms with Crippen LogP contribution in [0.1, 0.15) is 51.9 Å². The van der Waals surface area contributed by atoms with E-state index in [0.717, 1.165) is 5.56 Å². The van der Waals surface area contributed by atoms with Crippen molar-refractivity contribution in [3.05, 3.63) is 59.2 Å². The van der Waals surface area contributed by atoms with Crippen molar-refractivity contribution in [1.29, 1.82) is 0 Å². The van der Waals surface area contributed by atoms with Gasteiger partial charge in [-0.15, -0.1) is 0 Å². The smallest absolute Gasteiger partial charge is 0.358 e. The summed E-state index contributed by atoms with van der Waals surface area (Å²) in [5.41, 5.74) is 2.47. The van der Waals surface area contributed by atoms with Gasteiger partial charge in [-0.05, 0) is 18.4 Å². The van der Waals surface area contributed by atoms with Crippen LogP contribution < -0.4 is 0 Å². The number of carbonyl (C=O) groups is 2. The number of Topliss-reactive ketones (excluding diaryl/α,β-unsaturated/α-hetero) is 1. The number of hydrogen-bond acceptors (Lipinski definition) is 5. The van der Waals surface area contributed by atoms with Gasteiger partial charge in [-0.1, -0.05) is 38.1 Å². The first kappa shape index (κ1) is 15.8. The molecule has 0 saturated carbocycles. The molecule has 1 aromatic heterocycles. The van der Waals surface area contributed by atoms with Crippen LogP contribution in [0.4, 0.5) is 0 Å². The highest BCUT2D eigenvalue weighted by molar-refractivity contribution is 5.99. The van der Waals surface area contributed by atoms with Crippen molar-refractivity contribution in [2.24, 2.45) is 0 Å². The molecule has 0 fully saturated rings. The van der Waals surface area contributed by atoms with Crippen LogP contribution in [0.5, 0.6) is 0 Å². The quantitative estimate of drug-likeness (QED) is 0.627. The number of aryl methyl sites for hydroxylation is 1. The summed E-state index contributed by atoms with van der Waals surface area (Å²) in [4.78, 5) is 31.6. The van der Waals surface area contributed by atoms with E-state index in [4.69, 9.17) is 4.74 Å². The molecule has 0 saturated heterocycles. The van der Waals surface area contributed by atoms with Crippen LogP contribution in [-0.2, 0) is 4.74 Å². The normalized spacial score (nSPS) is 10.5. The van der Waals surface area contributed by atoms with Crippen LogP contribution in [-0.4, -0.2) is 28.3 Å².